The van der Waals surface area contributed by atoms with Gasteiger partial charge in [0.05, 0.1) is 39.0 Å². The van der Waals surface area contributed by atoms with Crippen molar-refractivity contribution in [2.45, 2.75) is 72.6 Å². The lowest BCUT2D eigenvalue weighted by atomic mass is 9.87. The number of rotatable bonds is 17. The zero-order chi connectivity index (χ0) is 22.7. The molecule has 1 rings (SSSR count). The highest BCUT2D eigenvalue weighted by Gasteiger charge is 2.23. The van der Waals surface area contributed by atoms with Crippen LogP contribution in [0.5, 0.6) is 0 Å². The molecule has 0 fully saturated rings. The first kappa shape index (κ1) is 27.6. The second kappa shape index (κ2) is 18.2. The fourth-order valence-corrected chi connectivity index (χ4v) is 3.49. The average molecular weight is 437 g/mol. The molecular weight excluding hydrogens is 392 g/mol. The van der Waals surface area contributed by atoms with Crippen molar-refractivity contribution >= 4 is 5.97 Å². The number of hydrogen-bond donors (Lipinski definition) is 0. The summed E-state index contributed by atoms with van der Waals surface area (Å²) in [6.07, 6.45) is 14.0. The van der Waals surface area contributed by atoms with Gasteiger partial charge in [0.1, 0.15) is 6.61 Å². The Kier molecular flexibility index (Phi) is 16.2. The minimum atomic E-state index is -0.0874. The first-order valence-corrected chi connectivity index (χ1v) is 11.9. The van der Waals surface area contributed by atoms with E-state index in [9.17, 15) is 4.79 Å². The van der Waals surface area contributed by atoms with E-state index in [1.165, 1.54) is 16.7 Å². The standard InChI is InChI=1S/C26H44O5/c1-5-28-15-16-29-17-18-30-19-20-31-26(27)25-14-8-13-24(21-25)12-7-11-23(4)10-6-9-22(2)3/h9,11,13,25H,5-8,10,12,14-21H2,1-4H3/b23-11+. The fourth-order valence-electron chi connectivity index (χ4n) is 3.49. The van der Waals surface area contributed by atoms with Crippen molar-refractivity contribution < 1.29 is 23.7 Å². The number of carbonyl (C=O) groups is 1. The van der Waals surface area contributed by atoms with Crippen LogP contribution in [0.2, 0.25) is 0 Å². The van der Waals surface area contributed by atoms with E-state index in [4.69, 9.17) is 18.9 Å². The van der Waals surface area contributed by atoms with Crippen LogP contribution in [-0.2, 0) is 23.7 Å². The Bertz CT molecular complexity index is 572. The molecule has 0 N–H and O–H groups in total. The third-order valence-corrected chi connectivity index (χ3v) is 5.26. The molecule has 0 bridgehead atoms. The first-order valence-electron chi connectivity index (χ1n) is 11.9. The normalized spacial score (nSPS) is 16.7. The highest BCUT2D eigenvalue weighted by Crippen LogP contribution is 2.28. The van der Waals surface area contributed by atoms with E-state index in [0.29, 0.717) is 46.2 Å². The van der Waals surface area contributed by atoms with Gasteiger partial charge in [0.15, 0.2) is 0 Å². The third kappa shape index (κ3) is 15.1. The van der Waals surface area contributed by atoms with Crippen LogP contribution in [-0.4, -0.2) is 52.2 Å². The minimum absolute atomic E-state index is 0.00959. The van der Waals surface area contributed by atoms with Gasteiger partial charge in [-0.2, -0.15) is 0 Å². The molecule has 0 saturated carbocycles. The Hall–Kier alpha value is -1.43. The van der Waals surface area contributed by atoms with Gasteiger partial charge in [-0.3, -0.25) is 4.79 Å². The third-order valence-electron chi connectivity index (χ3n) is 5.26. The summed E-state index contributed by atoms with van der Waals surface area (Å²) in [4.78, 5) is 12.4. The zero-order valence-electron chi connectivity index (χ0n) is 20.3. The van der Waals surface area contributed by atoms with E-state index in [1.54, 1.807) is 0 Å². The molecular formula is C26H44O5. The predicted octanol–water partition coefficient (Wildman–Crippen LogP) is 5.80. The molecule has 1 aliphatic rings. The molecule has 5 heteroatoms. The summed E-state index contributed by atoms with van der Waals surface area (Å²) in [5.74, 6) is -0.0970. The van der Waals surface area contributed by atoms with Gasteiger partial charge in [-0.1, -0.05) is 34.9 Å². The summed E-state index contributed by atoms with van der Waals surface area (Å²) >= 11 is 0. The first-order chi connectivity index (χ1) is 15.0. The van der Waals surface area contributed by atoms with Crippen molar-refractivity contribution in [2.75, 3.05) is 46.2 Å². The quantitative estimate of drug-likeness (QED) is 0.164. The van der Waals surface area contributed by atoms with Crippen molar-refractivity contribution in [2.24, 2.45) is 5.92 Å². The molecule has 0 aliphatic heterocycles. The van der Waals surface area contributed by atoms with E-state index in [2.05, 4.69) is 39.0 Å². The summed E-state index contributed by atoms with van der Waals surface area (Å²) in [5, 5.41) is 0. The maximum Gasteiger partial charge on any atom is 0.309 e. The molecule has 0 saturated heterocycles. The SMILES string of the molecule is CCOCCOCCOCCOC(=O)C1CCC=C(CC/C=C(\C)CCC=C(C)C)C1. The van der Waals surface area contributed by atoms with Crippen LogP contribution < -0.4 is 0 Å². The van der Waals surface area contributed by atoms with E-state index < -0.39 is 0 Å². The summed E-state index contributed by atoms with van der Waals surface area (Å²) in [7, 11) is 0. The van der Waals surface area contributed by atoms with Gasteiger partial charge in [-0.25, -0.2) is 0 Å². The number of allylic oxidation sites excluding steroid dienone is 6. The largest absolute Gasteiger partial charge is 0.463 e. The summed E-state index contributed by atoms with van der Waals surface area (Å²) in [5.41, 5.74) is 4.22. The molecule has 5 nitrogen and oxygen atoms in total. The van der Waals surface area contributed by atoms with Crippen molar-refractivity contribution in [1.82, 2.24) is 0 Å². The second-order valence-electron chi connectivity index (χ2n) is 8.34. The Labute approximate surface area is 189 Å². The van der Waals surface area contributed by atoms with Crippen molar-refractivity contribution in [3.05, 3.63) is 34.9 Å². The van der Waals surface area contributed by atoms with Gasteiger partial charge >= 0.3 is 5.97 Å². The molecule has 31 heavy (non-hydrogen) atoms. The molecule has 0 amide bonds. The van der Waals surface area contributed by atoms with E-state index in [-0.39, 0.29) is 11.9 Å². The summed E-state index contributed by atoms with van der Waals surface area (Å²) < 4.78 is 21.4. The summed E-state index contributed by atoms with van der Waals surface area (Å²) in [6.45, 7) is 12.1. The average Bonchev–Trinajstić information content (AvgIpc) is 2.75. The van der Waals surface area contributed by atoms with Gasteiger partial charge in [-0.15, -0.1) is 0 Å². The van der Waals surface area contributed by atoms with Gasteiger partial charge in [0.25, 0.3) is 0 Å². The van der Waals surface area contributed by atoms with Crippen molar-refractivity contribution in [3.8, 4) is 0 Å². The van der Waals surface area contributed by atoms with Crippen LogP contribution in [0, 0.1) is 5.92 Å². The van der Waals surface area contributed by atoms with Crippen molar-refractivity contribution in [3.63, 3.8) is 0 Å². The molecule has 0 heterocycles. The molecule has 1 atom stereocenters. The lowest BCUT2D eigenvalue weighted by molar-refractivity contribution is -0.150. The van der Waals surface area contributed by atoms with Crippen LogP contribution in [0.25, 0.3) is 0 Å². The lowest BCUT2D eigenvalue weighted by Crippen LogP contribution is -2.22. The topological polar surface area (TPSA) is 54.0 Å². The second-order valence-corrected chi connectivity index (χ2v) is 8.34. The van der Waals surface area contributed by atoms with Crippen molar-refractivity contribution in [1.29, 1.82) is 0 Å². The minimum Gasteiger partial charge on any atom is -0.463 e. The Morgan fingerprint density at radius 1 is 0.968 bits per heavy atom. The molecule has 0 aromatic carbocycles. The molecule has 178 valence electrons. The zero-order valence-corrected chi connectivity index (χ0v) is 20.3. The number of esters is 1. The number of ether oxygens (including phenoxy) is 4. The van der Waals surface area contributed by atoms with Crippen LogP contribution in [0.15, 0.2) is 34.9 Å². The monoisotopic (exact) mass is 436 g/mol. The molecule has 1 unspecified atom stereocenters. The van der Waals surface area contributed by atoms with E-state index in [0.717, 1.165) is 44.9 Å². The van der Waals surface area contributed by atoms with Gasteiger partial charge in [0.2, 0.25) is 0 Å². The predicted molar refractivity (Wildman–Crippen MR) is 126 cm³/mol. The highest BCUT2D eigenvalue weighted by atomic mass is 16.6. The number of hydrogen-bond acceptors (Lipinski definition) is 5. The molecule has 1 aliphatic carbocycles. The Morgan fingerprint density at radius 3 is 2.32 bits per heavy atom. The Morgan fingerprint density at radius 2 is 1.65 bits per heavy atom. The van der Waals surface area contributed by atoms with Crippen LogP contribution in [0.3, 0.4) is 0 Å². The van der Waals surface area contributed by atoms with Crippen LogP contribution in [0.1, 0.15) is 72.6 Å². The molecule has 0 spiro atoms. The van der Waals surface area contributed by atoms with Gasteiger partial charge in [-0.05, 0) is 72.6 Å². The fraction of sp³-hybridized carbons (Fsp3) is 0.731. The van der Waals surface area contributed by atoms with Gasteiger partial charge < -0.3 is 18.9 Å². The highest BCUT2D eigenvalue weighted by molar-refractivity contribution is 5.73. The molecule has 0 aromatic rings. The lowest BCUT2D eigenvalue weighted by Gasteiger charge is -2.21. The van der Waals surface area contributed by atoms with Gasteiger partial charge in [0, 0.05) is 6.61 Å². The smallest absolute Gasteiger partial charge is 0.309 e. The molecule has 0 radical (unpaired) electrons. The van der Waals surface area contributed by atoms with Crippen LogP contribution >= 0.6 is 0 Å². The van der Waals surface area contributed by atoms with E-state index >= 15 is 0 Å². The maximum atomic E-state index is 12.4. The van der Waals surface area contributed by atoms with Crippen LogP contribution in [0.4, 0.5) is 0 Å². The maximum absolute atomic E-state index is 12.4. The van der Waals surface area contributed by atoms with E-state index in [1.807, 2.05) is 6.92 Å². The summed E-state index contributed by atoms with van der Waals surface area (Å²) in [6, 6.07) is 0. The Balaban J connectivity index is 2.12. The number of carbonyl (C=O) groups excluding carboxylic acids is 1. The molecule has 0 aromatic heterocycles.